The van der Waals surface area contributed by atoms with Gasteiger partial charge in [0.1, 0.15) is 0 Å². The summed E-state index contributed by atoms with van der Waals surface area (Å²) in [5.74, 6) is 0. The van der Waals surface area contributed by atoms with Crippen LogP contribution >= 0.6 is 23.2 Å². The molecule has 4 nitrogen and oxygen atoms in total. The van der Waals surface area contributed by atoms with Gasteiger partial charge in [0, 0.05) is 22.7 Å². The Hall–Kier alpha value is -2.91. The zero-order valence-corrected chi connectivity index (χ0v) is 22.0. The lowest BCUT2D eigenvalue weighted by Gasteiger charge is -2.16. The van der Waals surface area contributed by atoms with Crippen LogP contribution in [0, 0.1) is 0 Å². The van der Waals surface area contributed by atoms with Gasteiger partial charge in [-0.3, -0.25) is 0 Å². The van der Waals surface area contributed by atoms with Crippen LogP contribution in [0.3, 0.4) is 0 Å². The van der Waals surface area contributed by atoms with Crippen LogP contribution in [0.15, 0.2) is 91.0 Å². The minimum Gasteiger partial charge on any atom is -0.741 e. The first-order valence-corrected chi connectivity index (χ1v) is 13.1. The van der Waals surface area contributed by atoms with Gasteiger partial charge in [0.15, 0.2) is 16.2 Å². The normalized spacial score (nSPS) is 11.7. The van der Waals surface area contributed by atoms with Gasteiger partial charge in [-0.05, 0) is 55.3 Å². The van der Waals surface area contributed by atoms with Crippen molar-refractivity contribution in [1.82, 2.24) is 0 Å². The van der Waals surface area contributed by atoms with Crippen molar-refractivity contribution in [2.24, 2.45) is 0 Å². The summed E-state index contributed by atoms with van der Waals surface area (Å²) in [4.78, 5) is 0. The van der Waals surface area contributed by atoms with Gasteiger partial charge in [-0.15, -0.1) is 0 Å². The summed E-state index contributed by atoms with van der Waals surface area (Å²) in [5.41, 5.74) is 0.960. The third kappa shape index (κ3) is 7.11. The molecule has 194 valence electrons. The molecule has 0 spiro atoms. The maximum absolute atomic E-state index is 10.7. The smallest absolute Gasteiger partial charge is 0.485 e. The molecule has 0 saturated heterocycles. The Bertz CT molecular complexity index is 1480. The van der Waals surface area contributed by atoms with Gasteiger partial charge >= 0.3 is 5.51 Å². The number of pyridine rings is 1. The van der Waals surface area contributed by atoms with Crippen LogP contribution in [0.4, 0.5) is 13.2 Å². The summed E-state index contributed by atoms with van der Waals surface area (Å²) in [6.45, 7) is 4.38. The van der Waals surface area contributed by atoms with Gasteiger partial charge in [0.05, 0.1) is 10.6 Å². The van der Waals surface area contributed by atoms with E-state index >= 15 is 0 Å². The second-order valence-electron chi connectivity index (χ2n) is 8.23. The second-order valence-corrected chi connectivity index (χ2v) is 10.4. The third-order valence-electron chi connectivity index (χ3n) is 5.28. The van der Waals surface area contributed by atoms with E-state index in [0.717, 1.165) is 22.5 Å². The Balaban J connectivity index is 0.000000414. The van der Waals surface area contributed by atoms with E-state index in [1.807, 2.05) is 30.3 Å². The fourth-order valence-electron chi connectivity index (χ4n) is 3.69. The van der Waals surface area contributed by atoms with E-state index in [1.54, 1.807) is 0 Å². The van der Waals surface area contributed by atoms with Crippen LogP contribution in [-0.2, 0) is 10.1 Å². The van der Waals surface area contributed by atoms with Gasteiger partial charge in [-0.25, -0.2) is 8.42 Å². The number of rotatable bonds is 4. The number of nitrogens with zero attached hydrogens (tertiary/aromatic N) is 1. The lowest BCUT2D eigenvalue weighted by Crippen LogP contribution is -2.41. The Morgan fingerprint density at radius 3 is 1.73 bits per heavy atom. The van der Waals surface area contributed by atoms with E-state index in [-0.39, 0.29) is 6.04 Å². The molecule has 0 saturated carbocycles. The van der Waals surface area contributed by atoms with Crippen molar-refractivity contribution in [3.05, 3.63) is 101 Å². The number of aromatic nitrogens is 1. The van der Waals surface area contributed by atoms with E-state index in [2.05, 4.69) is 79.1 Å². The molecule has 0 bridgehead atoms. The minimum absolute atomic E-state index is 0.236. The molecule has 0 fully saturated rings. The number of hydrogen-bond acceptors (Lipinski definition) is 3. The predicted molar refractivity (Wildman–Crippen MR) is 139 cm³/mol. The molecule has 0 aliphatic rings. The predicted octanol–water partition coefficient (Wildman–Crippen LogP) is 7.91. The molecular weight excluding hydrogens is 546 g/mol. The van der Waals surface area contributed by atoms with Crippen molar-refractivity contribution in [2.45, 2.75) is 25.4 Å². The molecule has 0 aliphatic heterocycles. The van der Waals surface area contributed by atoms with Gasteiger partial charge in [-0.2, -0.15) is 17.7 Å². The van der Waals surface area contributed by atoms with Gasteiger partial charge in [-0.1, -0.05) is 71.7 Å². The van der Waals surface area contributed by atoms with E-state index in [4.69, 9.17) is 36.2 Å². The van der Waals surface area contributed by atoms with Gasteiger partial charge in [0.2, 0.25) is 11.4 Å². The summed E-state index contributed by atoms with van der Waals surface area (Å²) in [7, 11) is -6.09. The topological polar surface area (TPSA) is 61.1 Å². The minimum atomic E-state index is -6.09. The summed E-state index contributed by atoms with van der Waals surface area (Å²) in [5, 5.41) is 1.36. The number of hydrogen-bond donors (Lipinski definition) is 0. The maximum Gasteiger partial charge on any atom is 0.485 e. The SMILES string of the molecule is CC(C)[n+]1c(-c2ccccc2)cc(-c2ccccc2)cc1-c1cc(Cl)ccc1Cl.O=S(=O)([O-])C(F)(F)F. The molecule has 4 rings (SSSR count). The van der Waals surface area contributed by atoms with Crippen LogP contribution in [-0.4, -0.2) is 18.5 Å². The van der Waals surface area contributed by atoms with E-state index < -0.39 is 15.6 Å². The molecule has 4 aromatic rings. The highest BCUT2D eigenvalue weighted by Crippen LogP contribution is 2.34. The first-order chi connectivity index (χ1) is 17.3. The van der Waals surface area contributed by atoms with Crippen LogP contribution in [0.1, 0.15) is 19.9 Å². The average molecular weight is 568 g/mol. The highest BCUT2D eigenvalue weighted by Gasteiger charge is 2.37. The number of halogens is 5. The monoisotopic (exact) mass is 567 g/mol. The van der Waals surface area contributed by atoms with Crippen LogP contribution in [0.25, 0.3) is 33.6 Å². The summed E-state index contributed by atoms with van der Waals surface area (Å²) in [6.07, 6.45) is 0. The van der Waals surface area contributed by atoms with Crippen molar-refractivity contribution in [2.75, 3.05) is 0 Å². The molecule has 10 heteroatoms. The molecule has 1 aromatic heterocycles. The van der Waals surface area contributed by atoms with Crippen molar-refractivity contribution in [3.63, 3.8) is 0 Å². The van der Waals surface area contributed by atoms with Crippen LogP contribution < -0.4 is 4.57 Å². The molecule has 0 radical (unpaired) electrons. The molecule has 1 heterocycles. The first-order valence-electron chi connectivity index (χ1n) is 11.0. The van der Waals surface area contributed by atoms with Crippen molar-refractivity contribution in [3.8, 4) is 33.6 Å². The lowest BCUT2D eigenvalue weighted by atomic mass is 9.98. The quantitative estimate of drug-likeness (QED) is 0.143. The highest BCUT2D eigenvalue weighted by molar-refractivity contribution is 7.86. The Morgan fingerprint density at radius 2 is 1.24 bits per heavy atom. The second kappa shape index (κ2) is 11.6. The van der Waals surface area contributed by atoms with Gasteiger partial charge < -0.3 is 4.55 Å². The fourth-order valence-corrected chi connectivity index (χ4v) is 4.08. The van der Waals surface area contributed by atoms with Crippen LogP contribution in [0.5, 0.6) is 0 Å². The number of alkyl halides is 3. The zero-order valence-electron chi connectivity index (χ0n) is 19.7. The fraction of sp³-hybridized carbons (Fsp3) is 0.148. The third-order valence-corrected chi connectivity index (χ3v) is 6.42. The number of benzene rings is 3. The Labute approximate surface area is 223 Å². The molecule has 0 amide bonds. The van der Waals surface area contributed by atoms with E-state index in [9.17, 15) is 13.2 Å². The van der Waals surface area contributed by atoms with Crippen molar-refractivity contribution >= 4 is 33.3 Å². The molecule has 0 N–H and O–H groups in total. The summed E-state index contributed by atoms with van der Waals surface area (Å²) < 4.78 is 61.2. The Kier molecular flexibility index (Phi) is 9.02. The van der Waals surface area contributed by atoms with E-state index in [0.29, 0.717) is 10.0 Å². The highest BCUT2D eigenvalue weighted by atomic mass is 35.5. The molecule has 3 aromatic carbocycles. The zero-order chi connectivity index (χ0) is 27.4. The molecule has 0 unspecified atom stereocenters. The van der Waals surface area contributed by atoms with Crippen molar-refractivity contribution < 1.29 is 30.7 Å². The Morgan fingerprint density at radius 1 is 0.757 bits per heavy atom. The van der Waals surface area contributed by atoms with Crippen LogP contribution in [0.2, 0.25) is 10.0 Å². The molecule has 37 heavy (non-hydrogen) atoms. The molecule has 0 aliphatic carbocycles. The van der Waals surface area contributed by atoms with Crippen molar-refractivity contribution in [1.29, 1.82) is 0 Å². The van der Waals surface area contributed by atoms with Gasteiger partial charge in [0.25, 0.3) is 0 Å². The lowest BCUT2D eigenvalue weighted by molar-refractivity contribution is -0.695. The molecule has 0 atom stereocenters. The standard InChI is InChI=1S/C26H22Cl2N.CHF3O3S/c1-18(2)29-25(20-11-7-4-8-12-20)15-21(19-9-5-3-6-10-19)16-26(29)23-17-22(27)13-14-24(23)28;2-1(3,4)8(5,6)7/h3-18H,1-2H3;(H,5,6,7)/q+1;/p-1. The van der Waals surface area contributed by atoms with E-state index in [1.165, 1.54) is 11.1 Å². The summed E-state index contributed by atoms with van der Waals surface area (Å²) in [6, 6.07) is 31.2. The average Bonchev–Trinajstić information content (AvgIpc) is 2.85. The maximum atomic E-state index is 10.7. The first kappa shape index (κ1) is 28.7. The largest absolute Gasteiger partial charge is 0.741 e. The molecular formula is C27H22Cl2F3NO3S. The summed E-state index contributed by atoms with van der Waals surface area (Å²) >= 11 is 13.0.